The molecule has 0 amide bonds. The molecule has 180 valence electrons. The molecule has 4 heterocycles. The fourth-order valence-electron chi connectivity index (χ4n) is 5.54. The third-order valence-electron chi connectivity index (χ3n) is 7.30. The number of aromatic nitrogens is 6. The van der Waals surface area contributed by atoms with Gasteiger partial charge in [0.1, 0.15) is 18.3 Å². The molecule has 0 spiro atoms. The lowest BCUT2D eigenvalue weighted by molar-refractivity contribution is -0.0511. The molecule has 3 fully saturated rings. The van der Waals surface area contributed by atoms with Crippen molar-refractivity contribution in [2.45, 2.75) is 56.3 Å². The third kappa shape index (κ3) is 3.35. The first kappa shape index (κ1) is 21.4. The van der Waals surface area contributed by atoms with Gasteiger partial charge in [-0.25, -0.2) is 14.5 Å². The van der Waals surface area contributed by atoms with Gasteiger partial charge in [-0.1, -0.05) is 6.42 Å². The van der Waals surface area contributed by atoms with Crippen LogP contribution in [-0.4, -0.2) is 86.7 Å². The summed E-state index contributed by atoms with van der Waals surface area (Å²) in [6.45, 7) is -0.454. The van der Waals surface area contributed by atoms with E-state index in [-0.39, 0.29) is 17.6 Å². The van der Waals surface area contributed by atoms with Crippen LogP contribution in [0.15, 0.2) is 18.7 Å². The minimum Gasteiger partial charge on any atom is -0.478 e. The zero-order valence-corrected chi connectivity index (χ0v) is 18.1. The van der Waals surface area contributed by atoms with Gasteiger partial charge in [-0.2, -0.15) is 15.1 Å². The number of rotatable bonds is 6. The van der Waals surface area contributed by atoms with Gasteiger partial charge < -0.3 is 30.5 Å². The van der Waals surface area contributed by atoms with E-state index in [0.29, 0.717) is 28.8 Å². The first-order valence-corrected chi connectivity index (χ1v) is 11.3. The van der Waals surface area contributed by atoms with E-state index >= 15 is 0 Å². The number of imidazole rings is 1. The number of hydrogen-bond acceptors (Lipinski definition) is 10. The average molecular weight is 471 g/mol. The summed E-state index contributed by atoms with van der Waals surface area (Å²) < 4.78 is 8.43. The van der Waals surface area contributed by atoms with Gasteiger partial charge in [0.25, 0.3) is 5.95 Å². The summed E-state index contributed by atoms with van der Waals surface area (Å²) in [5, 5.41) is 47.1. The second kappa shape index (κ2) is 7.98. The zero-order valence-electron chi connectivity index (χ0n) is 18.1. The summed E-state index contributed by atoms with van der Waals surface area (Å²) in [5.41, 5.74) is 0.760. The first-order chi connectivity index (χ1) is 16.4. The Bertz CT molecular complexity index is 1240. The Morgan fingerprint density at radius 1 is 1.21 bits per heavy atom. The van der Waals surface area contributed by atoms with Crippen LogP contribution in [0.2, 0.25) is 0 Å². The summed E-state index contributed by atoms with van der Waals surface area (Å²) in [5.74, 6) is 0.753. The van der Waals surface area contributed by atoms with E-state index in [4.69, 9.17) is 4.74 Å². The normalized spacial score (nSPS) is 32.6. The molecular formula is C21H25N7O6. The average Bonchev–Trinajstić information content (AvgIpc) is 3.64. The molecule has 5 N–H and O–H groups in total. The summed E-state index contributed by atoms with van der Waals surface area (Å²) in [7, 11) is 0. The van der Waals surface area contributed by atoms with E-state index in [1.165, 1.54) is 47.2 Å². The molecule has 2 saturated carbocycles. The molecule has 3 aliphatic rings. The maximum absolute atomic E-state index is 11.3. The lowest BCUT2D eigenvalue weighted by Gasteiger charge is -2.23. The second-order valence-corrected chi connectivity index (χ2v) is 9.33. The van der Waals surface area contributed by atoms with E-state index in [2.05, 4.69) is 25.4 Å². The first-order valence-electron chi connectivity index (χ1n) is 11.3. The van der Waals surface area contributed by atoms with Crippen LogP contribution in [0.3, 0.4) is 0 Å². The number of aromatic carboxylic acids is 1. The number of carboxylic acids is 1. The van der Waals surface area contributed by atoms with Crippen molar-refractivity contribution in [3.05, 3.63) is 24.3 Å². The number of aliphatic hydroxyl groups excluding tert-OH is 3. The fourth-order valence-corrected chi connectivity index (χ4v) is 5.54. The molecular weight excluding hydrogens is 446 g/mol. The lowest BCUT2D eigenvalue weighted by atomic mass is 9.95. The maximum atomic E-state index is 11.3. The number of carboxylic acid groups (broad SMARTS) is 1. The predicted molar refractivity (Wildman–Crippen MR) is 115 cm³/mol. The van der Waals surface area contributed by atoms with E-state index < -0.39 is 37.1 Å². The summed E-state index contributed by atoms with van der Waals surface area (Å²) in [6.07, 6.45) is 4.07. The van der Waals surface area contributed by atoms with E-state index in [0.717, 1.165) is 6.42 Å². The molecule has 0 aromatic carbocycles. The topological polar surface area (TPSA) is 181 Å². The van der Waals surface area contributed by atoms with Crippen molar-refractivity contribution in [2.75, 3.05) is 11.9 Å². The van der Waals surface area contributed by atoms with Crippen LogP contribution in [0.4, 0.5) is 5.82 Å². The number of fused-ring (bicyclic) bond motifs is 3. The Balaban J connectivity index is 1.44. The molecule has 7 unspecified atom stereocenters. The Hall–Kier alpha value is -3.13. The van der Waals surface area contributed by atoms with Gasteiger partial charge in [0.15, 0.2) is 23.2 Å². The number of nitrogens with zero attached hydrogens (tertiary/aromatic N) is 6. The van der Waals surface area contributed by atoms with Gasteiger partial charge in [0.2, 0.25) is 0 Å². The lowest BCUT2D eigenvalue weighted by Crippen LogP contribution is -2.33. The third-order valence-corrected chi connectivity index (χ3v) is 7.30. The summed E-state index contributed by atoms with van der Waals surface area (Å²) in [6, 6.07) is 0.246. The van der Waals surface area contributed by atoms with Crippen molar-refractivity contribution in [1.29, 1.82) is 0 Å². The highest BCUT2D eigenvalue weighted by atomic mass is 16.6. The van der Waals surface area contributed by atoms with Crippen LogP contribution < -0.4 is 5.32 Å². The number of ether oxygens (including phenoxy) is 1. The Morgan fingerprint density at radius 3 is 2.71 bits per heavy atom. The van der Waals surface area contributed by atoms with Crippen LogP contribution in [0.1, 0.15) is 42.3 Å². The number of nitrogens with one attached hydrogen (secondary N) is 1. The van der Waals surface area contributed by atoms with Gasteiger partial charge in [-0.15, -0.1) is 0 Å². The predicted octanol–water partition coefficient (Wildman–Crippen LogP) is -0.0778. The highest BCUT2D eigenvalue weighted by molar-refractivity contribution is 5.87. The van der Waals surface area contributed by atoms with E-state index in [9.17, 15) is 25.2 Å². The highest BCUT2D eigenvalue weighted by Crippen LogP contribution is 2.46. The number of hydrogen-bond donors (Lipinski definition) is 5. The van der Waals surface area contributed by atoms with Gasteiger partial charge in [0.05, 0.1) is 24.7 Å². The van der Waals surface area contributed by atoms with Crippen LogP contribution in [0.25, 0.3) is 17.1 Å². The fraction of sp³-hybridized carbons (Fsp3) is 0.571. The SMILES string of the molecule is O=C(O)c1cnn(-c2nc(NC3CC4CCC3C4)c3ncn(C4OC(CO)C(O)C4O)c3n2)c1. The smallest absolute Gasteiger partial charge is 0.338 e. The second-order valence-electron chi connectivity index (χ2n) is 9.33. The van der Waals surface area contributed by atoms with Crippen molar-refractivity contribution in [3.63, 3.8) is 0 Å². The highest BCUT2D eigenvalue weighted by Gasteiger charge is 2.44. The van der Waals surface area contributed by atoms with Crippen molar-refractivity contribution < 1.29 is 30.0 Å². The Morgan fingerprint density at radius 2 is 2.06 bits per heavy atom. The van der Waals surface area contributed by atoms with Crippen molar-refractivity contribution in [3.8, 4) is 5.95 Å². The maximum Gasteiger partial charge on any atom is 0.338 e. The zero-order chi connectivity index (χ0) is 23.6. The molecule has 3 aromatic heterocycles. The quantitative estimate of drug-likeness (QED) is 0.324. The number of anilines is 1. The largest absolute Gasteiger partial charge is 0.478 e. The van der Waals surface area contributed by atoms with Gasteiger partial charge in [-0.3, -0.25) is 4.57 Å². The summed E-state index contributed by atoms with van der Waals surface area (Å²) in [4.78, 5) is 24.9. The molecule has 13 heteroatoms. The van der Waals surface area contributed by atoms with Crippen LogP contribution in [0.5, 0.6) is 0 Å². The van der Waals surface area contributed by atoms with Crippen LogP contribution in [0, 0.1) is 11.8 Å². The monoisotopic (exact) mass is 471 g/mol. The molecule has 2 bridgehead atoms. The van der Waals surface area contributed by atoms with Crippen molar-refractivity contribution in [2.24, 2.45) is 11.8 Å². The minimum absolute atomic E-state index is 0.0109. The minimum atomic E-state index is -1.31. The van der Waals surface area contributed by atoms with Gasteiger partial charge >= 0.3 is 5.97 Å². The van der Waals surface area contributed by atoms with Crippen molar-refractivity contribution in [1.82, 2.24) is 29.3 Å². The van der Waals surface area contributed by atoms with Crippen LogP contribution in [-0.2, 0) is 4.74 Å². The summed E-state index contributed by atoms with van der Waals surface area (Å²) >= 11 is 0. The van der Waals surface area contributed by atoms with Gasteiger partial charge in [0, 0.05) is 12.2 Å². The van der Waals surface area contributed by atoms with Crippen molar-refractivity contribution >= 4 is 23.0 Å². The molecule has 2 aliphatic carbocycles. The number of carbonyl (C=O) groups is 1. The Labute approximate surface area is 193 Å². The molecule has 6 rings (SSSR count). The van der Waals surface area contributed by atoms with Gasteiger partial charge in [-0.05, 0) is 31.1 Å². The molecule has 34 heavy (non-hydrogen) atoms. The standard InChI is InChI=1S/C21H25N7O6/c29-7-13-15(30)16(31)19(34-13)27-8-22-14-17(24-12-4-9-1-2-10(12)3-9)25-21(26-18(14)27)28-6-11(5-23-28)20(32)33/h5-6,8-10,12-13,15-16,19,29-31H,1-4,7H2,(H,32,33)(H,24,25,26). The van der Waals surface area contributed by atoms with Crippen LogP contribution >= 0.6 is 0 Å². The molecule has 3 aromatic rings. The molecule has 1 saturated heterocycles. The van der Waals surface area contributed by atoms with E-state index in [1.54, 1.807) is 0 Å². The number of aliphatic hydroxyl groups is 3. The Kier molecular flexibility index (Phi) is 5.02. The molecule has 13 nitrogen and oxygen atoms in total. The molecule has 7 atom stereocenters. The molecule has 1 aliphatic heterocycles. The van der Waals surface area contributed by atoms with E-state index in [1.807, 2.05) is 0 Å². The molecule has 0 radical (unpaired) electrons.